The summed E-state index contributed by atoms with van der Waals surface area (Å²) in [5.74, 6) is -0.594. The summed E-state index contributed by atoms with van der Waals surface area (Å²) in [7, 11) is -0.192. The van der Waals surface area contributed by atoms with Gasteiger partial charge < -0.3 is 4.90 Å². The maximum absolute atomic E-state index is 13.6. The van der Waals surface area contributed by atoms with E-state index >= 15 is 0 Å². The number of anilines is 2. The molecule has 0 N–H and O–H groups in total. The van der Waals surface area contributed by atoms with Crippen molar-refractivity contribution in [3.63, 3.8) is 0 Å². The minimum Gasteiger partial charge on any atom is -0.378 e. The Hall–Kier alpha value is -2.80. The third-order valence-electron chi connectivity index (χ3n) is 5.23. The van der Waals surface area contributed by atoms with Gasteiger partial charge in [-0.15, -0.1) is 0 Å². The molecule has 1 aliphatic heterocycles. The van der Waals surface area contributed by atoms with E-state index < -0.39 is 21.1 Å². The summed E-state index contributed by atoms with van der Waals surface area (Å²) < 4.78 is 27.2. The molecule has 0 aliphatic carbocycles. The molecule has 1 aliphatic rings. The molecule has 3 aromatic carbocycles. The van der Waals surface area contributed by atoms with Crippen LogP contribution in [0.5, 0.6) is 0 Å². The summed E-state index contributed by atoms with van der Waals surface area (Å²) in [5.41, 5.74) is 2.48. The van der Waals surface area contributed by atoms with Gasteiger partial charge in [0.15, 0.2) is 5.37 Å². The number of rotatable bonds is 4. The van der Waals surface area contributed by atoms with Crippen molar-refractivity contribution in [2.24, 2.45) is 0 Å². The molecule has 1 fully saturated rings. The predicted octanol–water partition coefficient (Wildman–Crippen LogP) is 5.56. The Morgan fingerprint density at radius 1 is 0.844 bits per heavy atom. The Morgan fingerprint density at radius 3 is 1.91 bits per heavy atom. The molecule has 164 valence electrons. The van der Waals surface area contributed by atoms with Crippen LogP contribution in [0.4, 0.5) is 11.4 Å². The molecular formula is C24H20Cl2N2O3S. The SMILES string of the molecule is CN(C)c1ccc(/C=C2\C(=O)N(c3ccc(Cl)cc3)C(c3ccc(Cl)cc3)S2(=O)=O)cc1. The average Bonchev–Trinajstić information content (AvgIpc) is 2.96. The second-order valence-corrected chi connectivity index (χ2v) is 10.4. The minimum atomic E-state index is -4.02. The van der Waals surface area contributed by atoms with E-state index in [0.717, 1.165) is 5.69 Å². The number of amides is 1. The lowest BCUT2D eigenvalue weighted by atomic mass is 10.1. The van der Waals surface area contributed by atoms with Crippen LogP contribution in [0.25, 0.3) is 6.08 Å². The van der Waals surface area contributed by atoms with E-state index in [0.29, 0.717) is 26.9 Å². The summed E-state index contributed by atoms with van der Waals surface area (Å²) in [5, 5.41) is -0.242. The van der Waals surface area contributed by atoms with Crippen LogP contribution in [0.1, 0.15) is 16.5 Å². The van der Waals surface area contributed by atoms with Gasteiger partial charge in [-0.1, -0.05) is 47.5 Å². The number of carbonyl (C=O) groups excluding carboxylic acids is 1. The molecular weight excluding hydrogens is 467 g/mol. The van der Waals surface area contributed by atoms with Gasteiger partial charge in [-0.05, 0) is 65.7 Å². The van der Waals surface area contributed by atoms with Gasteiger partial charge in [0.05, 0.1) is 0 Å². The van der Waals surface area contributed by atoms with Crippen molar-refractivity contribution in [2.75, 3.05) is 23.9 Å². The molecule has 5 nitrogen and oxygen atoms in total. The van der Waals surface area contributed by atoms with Crippen LogP contribution in [0.2, 0.25) is 10.0 Å². The molecule has 4 rings (SSSR count). The largest absolute Gasteiger partial charge is 0.378 e. The molecule has 1 atom stereocenters. The summed E-state index contributed by atoms with van der Waals surface area (Å²) in [6, 6.07) is 20.3. The number of hydrogen-bond donors (Lipinski definition) is 0. The van der Waals surface area contributed by atoms with Gasteiger partial charge in [0.2, 0.25) is 9.84 Å². The zero-order chi connectivity index (χ0) is 23.0. The van der Waals surface area contributed by atoms with E-state index in [4.69, 9.17) is 23.2 Å². The standard InChI is InChI=1S/C24H20Cl2N2O3S/c1-27(2)20-11-3-16(4-12-20)15-22-23(29)28(21-13-9-19(26)10-14-21)24(32(22,30)31)17-5-7-18(25)8-6-17/h3-15,24H,1-2H3/b22-15+. The lowest BCUT2D eigenvalue weighted by Gasteiger charge is -2.23. The highest BCUT2D eigenvalue weighted by molar-refractivity contribution is 7.97. The maximum atomic E-state index is 13.6. The van der Waals surface area contributed by atoms with Crippen LogP contribution in [-0.4, -0.2) is 28.4 Å². The minimum absolute atomic E-state index is 0.259. The van der Waals surface area contributed by atoms with E-state index in [-0.39, 0.29) is 4.91 Å². The Balaban J connectivity index is 1.86. The van der Waals surface area contributed by atoms with Crippen LogP contribution < -0.4 is 9.80 Å². The van der Waals surface area contributed by atoms with Crippen LogP contribution in [0.3, 0.4) is 0 Å². The van der Waals surface area contributed by atoms with Crippen LogP contribution in [0, 0.1) is 0 Å². The van der Waals surface area contributed by atoms with E-state index in [1.165, 1.54) is 11.0 Å². The van der Waals surface area contributed by atoms with Crippen molar-refractivity contribution in [3.8, 4) is 0 Å². The molecule has 3 aromatic rings. The third-order valence-corrected chi connectivity index (χ3v) is 7.71. The van der Waals surface area contributed by atoms with Crippen LogP contribution in [0.15, 0.2) is 77.7 Å². The molecule has 0 spiro atoms. The summed E-state index contributed by atoms with van der Waals surface area (Å²) in [4.78, 5) is 16.4. The molecule has 1 heterocycles. The number of hydrogen-bond acceptors (Lipinski definition) is 4. The molecule has 0 radical (unpaired) electrons. The average molecular weight is 487 g/mol. The monoisotopic (exact) mass is 486 g/mol. The second kappa shape index (κ2) is 8.62. The highest BCUT2D eigenvalue weighted by Gasteiger charge is 2.50. The van der Waals surface area contributed by atoms with Gasteiger partial charge in [-0.2, -0.15) is 0 Å². The maximum Gasteiger partial charge on any atom is 0.271 e. The van der Waals surface area contributed by atoms with Gasteiger partial charge in [0.25, 0.3) is 5.91 Å². The molecule has 32 heavy (non-hydrogen) atoms. The quantitative estimate of drug-likeness (QED) is 0.452. The molecule has 1 saturated heterocycles. The van der Waals surface area contributed by atoms with E-state index in [9.17, 15) is 13.2 Å². The summed E-state index contributed by atoms with van der Waals surface area (Å²) in [6.45, 7) is 0. The lowest BCUT2D eigenvalue weighted by Crippen LogP contribution is -2.28. The predicted molar refractivity (Wildman–Crippen MR) is 131 cm³/mol. The fraction of sp³-hybridized carbons (Fsp3) is 0.125. The van der Waals surface area contributed by atoms with E-state index in [1.54, 1.807) is 60.7 Å². The van der Waals surface area contributed by atoms with Crippen molar-refractivity contribution in [1.29, 1.82) is 0 Å². The number of benzene rings is 3. The van der Waals surface area contributed by atoms with Crippen molar-refractivity contribution in [1.82, 2.24) is 0 Å². The Kier molecular flexibility index (Phi) is 6.03. The third kappa shape index (κ3) is 4.13. The first-order chi connectivity index (χ1) is 15.2. The van der Waals surface area contributed by atoms with E-state index in [2.05, 4.69) is 0 Å². The van der Waals surface area contributed by atoms with Crippen molar-refractivity contribution < 1.29 is 13.2 Å². The van der Waals surface area contributed by atoms with Crippen molar-refractivity contribution in [2.45, 2.75) is 5.37 Å². The number of sulfone groups is 1. The van der Waals surface area contributed by atoms with Gasteiger partial charge in [0, 0.05) is 35.5 Å². The summed E-state index contributed by atoms with van der Waals surface area (Å²) in [6.07, 6.45) is 1.43. The fourth-order valence-corrected chi connectivity index (χ4v) is 5.72. The van der Waals surface area contributed by atoms with Crippen LogP contribution >= 0.6 is 23.2 Å². The normalized spacial score (nSPS) is 18.9. The Labute approximate surface area is 197 Å². The number of carbonyl (C=O) groups is 1. The van der Waals surface area contributed by atoms with Gasteiger partial charge in [0.1, 0.15) is 4.91 Å². The highest BCUT2D eigenvalue weighted by atomic mass is 35.5. The lowest BCUT2D eigenvalue weighted by molar-refractivity contribution is -0.114. The number of nitrogens with zero attached hydrogens (tertiary/aromatic N) is 2. The smallest absolute Gasteiger partial charge is 0.271 e. The highest BCUT2D eigenvalue weighted by Crippen LogP contribution is 2.43. The molecule has 0 aromatic heterocycles. The first-order valence-electron chi connectivity index (χ1n) is 9.76. The Bertz CT molecular complexity index is 1280. The second-order valence-electron chi connectivity index (χ2n) is 7.60. The molecule has 0 saturated carbocycles. The molecule has 1 amide bonds. The van der Waals surface area contributed by atoms with Crippen molar-refractivity contribution in [3.05, 3.63) is 98.9 Å². The topological polar surface area (TPSA) is 57.7 Å². The van der Waals surface area contributed by atoms with E-state index in [1.807, 2.05) is 31.1 Å². The molecule has 0 bridgehead atoms. The molecule has 8 heteroatoms. The van der Waals surface area contributed by atoms with Gasteiger partial charge in [-0.3, -0.25) is 9.69 Å². The van der Waals surface area contributed by atoms with Crippen LogP contribution in [-0.2, 0) is 14.6 Å². The van der Waals surface area contributed by atoms with Crippen molar-refractivity contribution >= 4 is 56.4 Å². The zero-order valence-electron chi connectivity index (χ0n) is 17.4. The Morgan fingerprint density at radius 2 is 1.38 bits per heavy atom. The van der Waals surface area contributed by atoms with Gasteiger partial charge >= 0.3 is 0 Å². The zero-order valence-corrected chi connectivity index (χ0v) is 19.7. The molecule has 1 unspecified atom stereocenters. The van der Waals surface area contributed by atoms with Gasteiger partial charge in [-0.25, -0.2) is 8.42 Å². The fourth-order valence-electron chi connectivity index (χ4n) is 3.58. The first kappa shape index (κ1) is 22.4. The first-order valence-corrected chi connectivity index (χ1v) is 12.1. The summed E-state index contributed by atoms with van der Waals surface area (Å²) >= 11 is 12.0. The number of halogens is 2.